The molecule has 6 heteroatoms. The number of hydrogen-bond donors (Lipinski definition) is 2. The zero-order chi connectivity index (χ0) is 16.3. The number of carbonyl (C=O) groups is 1. The minimum Gasteiger partial charge on any atom is -0.478 e. The van der Waals surface area contributed by atoms with Crippen molar-refractivity contribution < 1.29 is 9.53 Å². The van der Waals surface area contributed by atoms with Gasteiger partial charge in [-0.2, -0.15) is 10.4 Å². The largest absolute Gasteiger partial charge is 0.478 e. The first-order valence-corrected chi connectivity index (χ1v) is 6.99. The highest BCUT2D eigenvalue weighted by atomic mass is 16.5. The maximum Gasteiger partial charge on any atom is 0.259 e. The normalized spacial score (nSPS) is 10.0. The van der Waals surface area contributed by atoms with E-state index < -0.39 is 0 Å². The molecule has 0 aromatic heterocycles. The monoisotopic (exact) mass is 308 g/mol. The summed E-state index contributed by atoms with van der Waals surface area (Å²) in [5.41, 5.74) is 3.97. The highest BCUT2D eigenvalue weighted by Gasteiger charge is 2.01. The third-order valence-electron chi connectivity index (χ3n) is 2.83. The van der Waals surface area contributed by atoms with Gasteiger partial charge in [0.1, 0.15) is 11.8 Å². The summed E-state index contributed by atoms with van der Waals surface area (Å²) < 4.78 is 5.27. The molecule has 0 saturated carbocycles. The number of nitrogens with zero attached hydrogens (tertiary/aromatic N) is 2. The molecule has 116 valence electrons. The van der Waals surface area contributed by atoms with E-state index in [1.54, 1.807) is 18.2 Å². The van der Waals surface area contributed by atoms with Crippen LogP contribution in [0.15, 0.2) is 59.7 Å². The van der Waals surface area contributed by atoms with E-state index in [-0.39, 0.29) is 19.1 Å². The Morgan fingerprint density at radius 3 is 2.70 bits per heavy atom. The van der Waals surface area contributed by atoms with Gasteiger partial charge in [-0.25, -0.2) is 5.43 Å². The molecule has 1 amide bonds. The number of nitrogens with one attached hydrogen (secondary N) is 2. The Hall–Kier alpha value is -3.33. The fourth-order valence-corrected chi connectivity index (χ4v) is 1.78. The van der Waals surface area contributed by atoms with Crippen LogP contribution in [-0.4, -0.2) is 25.3 Å². The van der Waals surface area contributed by atoms with Crippen LogP contribution in [0.4, 0.5) is 5.69 Å². The van der Waals surface area contributed by atoms with Gasteiger partial charge in [0.05, 0.1) is 12.8 Å². The van der Waals surface area contributed by atoms with Crippen LogP contribution in [0.1, 0.15) is 5.56 Å². The van der Waals surface area contributed by atoms with Crippen molar-refractivity contribution in [1.29, 1.82) is 5.26 Å². The van der Waals surface area contributed by atoms with Crippen LogP contribution < -0.4 is 15.5 Å². The Labute approximate surface area is 134 Å². The Morgan fingerprint density at radius 2 is 1.91 bits per heavy atom. The van der Waals surface area contributed by atoms with Gasteiger partial charge >= 0.3 is 0 Å². The number of hydrazone groups is 1. The fourth-order valence-electron chi connectivity index (χ4n) is 1.78. The summed E-state index contributed by atoms with van der Waals surface area (Å²) in [4.78, 5) is 11.7. The lowest BCUT2D eigenvalue weighted by Crippen LogP contribution is -2.25. The van der Waals surface area contributed by atoms with Crippen LogP contribution in [0.5, 0.6) is 5.75 Å². The smallest absolute Gasteiger partial charge is 0.259 e. The fraction of sp³-hybridized carbons (Fsp3) is 0.118. The van der Waals surface area contributed by atoms with E-state index in [4.69, 9.17) is 10.00 Å². The van der Waals surface area contributed by atoms with Crippen molar-refractivity contribution in [3.63, 3.8) is 0 Å². The summed E-state index contributed by atoms with van der Waals surface area (Å²) in [6.07, 6.45) is 1.48. The molecule has 0 saturated heterocycles. The van der Waals surface area contributed by atoms with Crippen molar-refractivity contribution >= 4 is 17.8 Å². The van der Waals surface area contributed by atoms with Crippen LogP contribution in [-0.2, 0) is 4.79 Å². The van der Waals surface area contributed by atoms with Gasteiger partial charge in [0.2, 0.25) is 0 Å². The molecule has 0 fully saturated rings. The molecular formula is C17H16N4O2. The predicted octanol–water partition coefficient (Wildman–Crippen LogP) is 2.15. The van der Waals surface area contributed by atoms with Crippen molar-refractivity contribution in [3.05, 3.63) is 60.2 Å². The number of rotatable bonds is 7. The van der Waals surface area contributed by atoms with E-state index in [2.05, 4.69) is 15.8 Å². The molecular weight excluding hydrogens is 292 g/mol. The summed E-state index contributed by atoms with van der Waals surface area (Å²) >= 11 is 0. The van der Waals surface area contributed by atoms with Crippen LogP contribution in [0.25, 0.3) is 0 Å². The van der Waals surface area contributed by atoms with Crippen molar-refractivity contribution in [2.75, 3.05) is 18.5 Å². The van der Waals surface area contributed by atoms with Crippen molar-refractivity contribution in [2.45, 2.75) is 0 Å². The average molecular weight is 308 g/mol. The maximum atomic E-state index is 11.7. The lowest BCUT2D eigenvalue weighted by molar-refractivity contribution is -0.119. The molecule has 2 aromatic rings. The van der Waals surface area contributed by atoms with E-state index in [9.17, 15) is 4.79 Å². The molecule has 6 nitrogen and oxygen atoms in total. The van der Waals surface area contributed by atoms with E-state index in [1.165, 1.54) is 6.21 Å². The van der Waals surface area contributed by atoms with Gasteiger partial charge in [-0.1, -0.05) is 30.3 Å². The lowest BCUT2D eigenvalue weighted by atomic mass is 10.2. The second kappa shape index (κ2) is 8.85. The zero-order valence-electron chi connectivity index (χ0n) is 12.4. The highest BCUT2D eigenvalue weighted by molar-refractivity contribution is 5.86. The van der Waals surface area contributed by atoms with Crippen LogP contribution in [0.3, 0.4) is 0 Å². The molecule has 2 aromatic carbocycles. The Balaban J connectivity index is 1.84. The number of hydrogen-bond acceptors (Lipinski definition) is 5. The van der Waals surface area contributed by atoms with Crippen molar-refractivity contribution in [2.24, 2.45) is 5.10 Å². The van der Waals surface area contributed by atoms with Gasteiger partial charge < -0.3 is 10.1 Å². The Bertz CT molecular complexity index is 708. The lowest BCUT2D eigenvalue weighted by Gasteiger charge is -2.06. The molecule has 0 aliphatic carbocycles. The summed E-state index contributed by atoms with van der Waals surface area (Å²) in [6.45, 7) is 0.0755. The van der Waals surface area contributed by atoms with Gasteiger partial charge in [-0.3, -0.25) is 4.79 Å². The molecule has 0 atom stereocenters. The molecule has 2 N–H and O–H groups in total. The highest BCUT2D eigenvalue weighted by Crippen LogP contribution is 2.15. The number of nitriles is 1. The van der Waals surface area contributed by atoms with Crippen molar-refractivity contribution in [3.8, 4) is 11.8 Å². The third-order valence-corrected chi connectivity index (χ3v) is 2.83. The Morgan fingerprint density at radius 1 is 1.17 bits per heavy atom. The quantitative estimate of drug-likeness (QED) is 0.606. The van der Waals surface area contributed by atoms with Crippen LogP contribution >= 0.6 is 0 Å². The Kier molecular flexibility index (Phi) is 6.17. The number of anilines is 1. The van der Waals surface area contributed by atoms with Gasteiger partial charge in [0.15, 0.2) is 6.61 Å². The molecule has 0 radical (unpaired) electrons. The van der Waals surface area contributed by atoms with E-state index in [0.717, 1.165) is 5.69 Å². The second-order valence-corrected chi connectivity index (χ2v) is 4.50. The first-order valence-electron chi connectivity index (χ1n) is 6.99. The summed E-state index contributed by atoms with van der Waals surface area (Å²) in [5.74, 6) is 0.273. The summed E-state index contributed by atoms with van der Waals surface area (Å²) in [7, 11) is 0. The number of ether oxygens (including phenoxy) is 1. The molecule has 0 heterocycles. The van der Waals surface area contributed by atoms with Gasteiger partial charge in [0, 0.05) is 11.3 Å². The molecule has 0 aliphatic rings. The first-order chi connectivity index (χ1) is 11.3. The zero-order valence-corrected chi connectivity index (χ0v) is 12.4. The molecule has 0 aliphatic heterocycles. The van der Waals surface area contributed by atoms with Crippen LogP contribution in [0.2, 0.25) is 0 Å². The molecule has 23 heavy (non-hydrogen) atoms. The first kappa shape index (κ1) is 16.0. The minimum absolute atomic E-state index is 0.0434. The molecule has 0 spiro atoms. The number of carbonyl (C=O) groups excluding carboxylic acids is 1. The summed E-state index contributed by atoms with van der Waals surface area (Å²) in [6, 6.07) is 18.5. The van der Waals surface area contributed by atoms with Crippen molar-refractivity contribution in [1.82, 2.24) is 5.43 Å². The molecule has 2 rings (SSSR count). The summed E-state index contributed by atoms with van der Waals surface area (Å²) in [5, 5.41) is 15.4. The standard InChI is InChI=1S/C17H16N4O2/c18-10-11-23-16-9-5-4-6-14(16)12-20-21-17(22)13-19-15-7-2-1-3-8-15/h1-9,12,19H,11,13H2,(H,21,22)/b20-12-. The minimum atomic E-state index is -0.263. The van der Waals surface area contributed by atoms with Crippen LogP contribution in [0, 0.1) is 11.3 Å². The van der Waals surface area contributed by atoms with Gasteiger partial charge in [0.25, 0.3) is 5.91 Å². The number of para-hydroxylation sites is 2. The topological polar surface area (TPSA) is 86.5 Å². The maximum absolute atomic E-state index is 11.7. The van der Waals surface area contributed by atoms with Gasteiger partial charge in [-0.05, 0) is 24.3 Å². The average Bonchev–Trinajstić information content (AvgIpc) is 2.60. The molecule has 0 bridgehead atoms. The van der Waals surface area contributed by atoms with Gasteiger partial charge in [-0.15, -0.1) is 0 Å². The number of amides is 1. The van der Waals surface area contributed by atoms with E-state index >= 15 is 0 Å². The van der Waals surface area contributed by atoms with E-state index in [0.29, 0.717) is 11.3 Å². The number of benzene rings is 2. The third kappa shape index (κ3) is 5.52. The molecule has 0 unspecified atom stereocenters. The predicted molar refractivity (Wildman–Crippen MR) is 88.2 cm³/mol. The second-order valence-electron chi connectivity index (χ2n) is 4.50. The van der Waals surface area contributed by atoms with E-state index in [1.807, 2.05) is 42.5 Å². The SMILES string of the molecule is N#CCOc1ccccc1/C=N\NC(=O)CNc1ccccc1.